The van der Waals surface area contributed by atoms with Gasteiger partial charge in [-0.2, -0.15) is 13.2 Å². The fourth-order valence-electron chi connectivity index (χ4n) is 5.04. The van der Waals surface area contributed by atoms with Crippen molar-refractivity contribution < 1.29 is 43.2 Å². The first-order chi connectivity index (χ1) is 20.8. The minimum absolute atomic E-state index is 0. The Morgan fingerprint density at radius 3 is 2.09 bits per heavy atom. The maximum atomic E-state index is 13.9. The standard InChI is InChI=1S/C21H10F3N2S.C15H28O2.Ir/c22-21(23,24)18-14-7-3-1-5-12(14)9-15-19(25-11-26-20(15)18)17-10-13-6-2-4-8-16(13)27-17;1-7-14(5,8-2)12(16)11-13(17)15(6,9-3)10-4;/h1-9,11H;11,16H,7-10H2,1-6H3;/q-1;;/b;12-11-;. The van der Waals surface area contributed by atoms with Crippen molar-refractivity contribution in [3.63, 3.8) is 0 Å². The van der Waals surface area contributed by atoms with Crippen LogP contribution in [0.3, 0.4) is 0 Å². The Hall–Kier alpha value is -3.13. The summed E-state index contributed by atoms with van der Waals surface area (Å²) >= 11 is 1.46. The SMILES string of the molecule is CCC(C)(CC)C(=O)/C=C(\O)C(C)(CC)CC.FC(F)(F)c1c2ccccc2cc2c(-c3[c-]c4ccccc4s3)ncnc12.[Ir]. The molecule has 4 nitrogen and oxygen atoms in total. The number of nitrogens with zero attached hydrogens (tertiary/aromatic N) is 2. The molecule has 0 bridgehead atoms. The van der Waals surface area contributed by atoms with Gasteiger partial charge in [-0.25, -0.2) is 16.3 Å². The van der Waals surface area contributed by atoms with Gasteiger partial charge < -0.3 is 5.11 Å². The number of allylic oxidation sites excluding steroid dienone is 2. The van der Waals surface area contributed by atoms with Crippen LogP contribution >= 0.6 is 11.3 Å². The van der Waals surface area contributed by atoms with E-state index in [0.29, 0.717) is 21.3 Å². The largest absolute Gasteiger partial charge is 0.512 e. The summed E-state index contributed by atoms with van der Waals surface area (Å²) in [4.78, 5) is 21.2. The van der Waals surface area contributed by atoms with Crippen LogP contribution in [0.25, 0.3) is 42.3 Å². The fourth-order valence-corrected chi connectivity index (χ4v) is 6.06. The van der Waals surface area contributed by atoms with Crippen LogP contribution in [0.2, 0.25) is 0 Å². The van der Waals surface area contributed by atoms with Crippen LogP contribution in [0.1, 0.15) is 72.8 Å². The molecule has 0 amide bonds. The molecule has 45 heavy (non-hydrogen) atoms. The van der Waals surface area contributed by atoms with Crippen LogP contribution in [0, 0.1) is 16.9 Å². The van der Waals surface area contributed by atoms with Crippen molar-refractivity contribution >= 4 is 48.9 Å². The molecule has 2 aromatic heterocycles. The van der Waals surface area contributed by atoms with E-state index in [1.807, 2.05) is 65.8 Å². The molecule has 0 saturated heterocycles. The Balaban J connectivity index is 0.000000270. The zero-order valence-electron chi connectivity index (χ0n) is 26.3. The number of thiophene rings is 1. The molecule has 0 spiro atoms. The van der Waals surface area contributed by atoms with Gasteiger partial charge in [-0.1, -0.05) is 84.0 Å². The molecule has 0 atom stereocenters. The van der Waals surface area contributed by atoms with E-state index >= 15 is 0 Å². The molecule has 1 N–H and O–H groups in total. The third kappa shape index (κ3) is 7.48. The second kappa shape index (κ2) is 14.5. The second-order valence-corrected chi connectivity index (χ2v) is 12.6. The summed E-state index contributed by atoms with van der Waals surface area (Å²) in [5.74, 6) is 0.286. The summed E-state index contributed by atoms with van der Waals surface area (Å²) in [6, 6.07) is 19.2. The fraction of sp³-hybridized carbons (Fsp3) is 0.361. The number of aliphatic hydroxyl groups excluding tert-OH is 1. The van der Waals surface area contributed by atoms with Gasteiger partial charge in [-0.3, -0.25) is 9.78 Å². The Bertz CT molecular complexity index is 1790. The summed E-state index contributed by atoms with van der Waals surface area (Å²) in [6.45, 7) is 12.1. The summed E-state index contributed by atoms with van der Waals surface area (Å²) in [5.41, 5.74) is -0.941. The van der Waals surface area contributed by atoms with Crippen LogP contribution in [-0.2, 0) is 31.1 Å². The molecule has 2 heterocycles. The van der Waals surface area contributed by atoms with Crippen molar-refractivity contribution in [1.82, 2.24) is 9.97 Å². The zero-order valence-corrected chi connectivity index (χ0v) is 29.5. The van der Waals surface area contributed by atoms with Gasteiger partial charge in [0.05, 0.1) is 11.1 Å². The molecular formula is C36H38F3IrN2O2S-. The molecule has 0 saturated carbocycles. The quantitative estimate of drug-likeness (QED) is 0.0734. The summed E-state index contributed by atoms with van der Waals surface area (Å²) < 4.78 is 42.7. The predicted octanol–water partition coefficient (Wildman–Crippen LogP) is 11.1. The normalized spacial score (nSPS) is 12.6. The van der Waals surface area contributed by atoms with Crippen LogP contribution in [0.5, 0.6) is 0 Å². The first kappa shape index (κ1) is 36.3. The van der Waals surface area contributed by atoms with E-state index in [1.165, 1.54) is 29.8 Å². The number of hydrogen-bond acceptors (Lipinski definition) is 5. The number of benzene rings is 3. The van der Waals surface area contributed by atoms with E-state index in [4.69, 9.17) is 0 Å². The van der Waals surface area contributed by atoms with Gasteiger partial charge in [0, 0.05) is 42.7 Å². The molecule has 0 aliphatic heterocycles. The summed E-state index contributed by atoms with van der Waals surface area (Å²) in [5, 5.41) is 12.1. The van der Waals surface area contributed by atoms with Crippen molar-refractivity contribution in [1.29, 1.82) is 0 Å². The maximum absolute atomic E-state index is 13.9. The number of halogens is 3. The Labute approximate surface area is 280 Å². The molecule has 9 heteroatoms. The Morgan fingerprint density at radius 2 is 1.49 bits per heavy atom. The van der Waals surface area contributed by atoms with Gasteiger partial charge in [0.25, 0.3) is 0 Å². The maximum Gasteiger partial charge on any atom is 0.419 e. The van der Waals surface area contributed by atoms with E-state index in [2.05, 4.69) is 16.0 Å². The van der Waals surface area contributed by atoms with Crippen molar-refractivity contribution in [3.05, 3.63) is 84.4 Å². The number of hydrogen-bond donors (Lipinski definition) is 1. The van der Waals surface area contributed by atoms with Crippen molar-refractivity contribution in [2.45, 2.75) is 73.4 Å². The van der Waals surface area contributed by atoms with E-state index in [1.54, 1.807) is 24.3 Å². The second-order valence-electron chi connectivity index (χ2n) is 11.6. The Kier molecular flexibility index (Phi) is 11.7. The number of fused-ring (bicyclic) bond motifs is 3. The van der Waals surface area contributed by atoms with Gasteiger partial charge in [0.15, 0.2) is 5.78 Å². The van der Waals surface area contributed by atoms with Crippen LogP contribution in [0.15, 0.2) is 72.8 Å². The van der Waals surface area contributed by atoms with E-state index in [9.17, 15) is 23.1 Å². The van der Waals surface area contributed by atoms with Gasteiger partial charge in [-0.15, -0.1) is 23.6 Å². The summed E-state index contributed by atoms with van der Waals surface area (Å²) in [6.07, 6.45) is 1.43. The minimum Gasteiger partial charge on any atom is -0.512 e. The van der Waals surface area contributed by atoms with Crippen molar-refractivity contribution in [3.8, 4) is 10.6 Å². The smallest absolute Gasteiger partial charge is 0.419 e. The number of carbonyl (C=O) groups excluding carboxylic acids is 1. The van der Waals surface area contributed by atoms with Crippen LogP contribution in [0.4, 0.5) is 13.2 Å². The van der Waals surface area contributed by atoms with Crippen molar-refractivity contribution in [2.24, 2.45) is 10.8 Å². The van der Waals surface area contributed by atoms with E-state index in [0.717, 1.165) is 35.8 Å². The molecule has 5 aromatic rings. The molecule has 0 aliphatic rings. The zero-order chi connectivity index (χ0) is 32.3. The summed E-state index contributed by atoms with van der Waals surface area (Å²) in [7, 11) is 0. The molecule has 0 fully saturated rings. The van der Waals surface area contributed by atoms with Gasteiger partial charge in [0.2, 0.25) is 0 Å². The Morgan fingerprint density at radius 1 is 0.889 bits per heavy atom. The average Bonchev–Trinajstić information content (AvgIpc) is 3.46. The molecule has 3 aromatic carbocycles. The molecule has 241 valence electrons. The predicted molar refractivity (Wildman–Crippen MR) is 175 cm³/mol. The van der Waals surface area contributed by atoms with Crippen molar-refractivity contribution in [2.75, 3.05) is 0 Å². The number of rotatable bonds is 8. The van der Waals surface area contributed by atoms with Crippen LogP contribution in [-0.4, -0.2) is 20.9 Å². The van der Waals surface area contributed by atoms with E-state index < -0.39 is 11.7 Å². The average molecular weight is 812 g/mol. The number of alkyl halides is 3. The first-order valence-electron chi connectivity index (χ1n) is 14.9. The third-order valence-corrected chi connectivity index (χ3v) is 10.2. The number of ketones is 1. The molecule has 0 unspecified atom stereocenters. The van der Waals surface area contributed by atoms with Gasteiger partial charge in [0.1, 0.15) is 12.1 Å². The first-order valence-corrected chi connectivity index (χ1v) is 15.7. The third-order valence-electron chi connectivity index (χ3n) is 9.10. The number of carbonyl (C=O) groups is 1. The van der Waals surface area contributed by atoms with Gasteiger partial charge in [-0.05, 0) is 51.4 Å². The van der Waals surface area contributed by atoms with Gasteiger partial charge >= 0.3 is 6.18 Å². The molecular weight excluding hydrogens is 774 g/mol. The molecule has 1 radical (unpaired) electrons. The van der Waals surface area contributed by atoms with Crippen LogP contribution < -0.4 is 0 Å². The minimum atomic E-state index is -4.52. The number of aromatic nitrogens is 2. The van der Waals surface area contributed by atoms with E-state index in [-0.39, 0.29) is 53.4 Å². The monoisotopic (exact) mass is 812 g/mol. The topological polar surface area (TPSA) is 63.1 Å². The molecule has 0 aliphatic carbocycles. The number of aliphatic hydroxyl groups is 1. The molecule has 5 rings (SSSR count).